The molecule has 0 N–H and O–H groups in total. The fourth-order valence-corrected chi connectivity index (χ4v) is 3.55. The van der Waals surface area contributed by atoms with Crippen LogP contribution in [0.2, 0.25) is 0 Å². The Morgan fingerprint density at radius 1 is 1.00 bits per heavy atom. The van der Waals surface area contributed by atoms with Gasteiger partial charge in [-0.1, -0.05) is 0 Å². The standard InChI is InChI=1S/C17H29N5/c1-3-20(2)17-15-6-10-22(11-7-16(15)18-14-19-17)13-12-21-8-4-5-9-21/h14H,3-13H2,1-2H3. The van der Waals surface area contributed by atoms with Crippen molar-refractivity contribution in [1.82, 2.24) is 19.8 Å². The molecule has 0 unspecified atom stereocenters. The molecule has 1 aromatic rings. The number of fused-ring (bicyclic) bond motifs is 1. The van der Waals surface area contributed by atoms with Crippen LogP contribution in [0.15, 0.2) is 6.33 Å². The van der Waals surface area contributed by atoms with Crippen molar-refractivity contribution >= 4 is 5.82 Å². The van der Waals surface area contributed by atoms with E-state index >= 15 is 0 Å². The van der Waals surface area contributed by atoms with Crippen LogP contribution >= 0.6 is 0 Å². The van der Waals surface area contributed by atoms with Gasteiger partial charge in [0.15, 0.2) is 0 Å². The predicted octanol–water partition coefficient (Wildman–Crippen LogP) is 1.43. The largest absolute Gasteiger partial charge is 0.360 e. The minimum atomic E-state index is 0.988. The molecule has 0 amide bonds. The Bertz CT molecular complexity index is 484. The number of rotatable bonds is 5. The van der Waals surface area contributed by atoms with Crippen molar-refractivity contribution < 1.29 is 0 Å². The van der Waals surface area contributed by atoms with Crippen molar-refractivity contribution in [2.45, 2.75) is 32.6 Å². The van der Waals surface area contributed by atoms with E-state index in [2.05, 4.69) is 38.6 Å². The van der Waals surface area contributed by atoms with Gasteiger partial charge in [-0.3, -0.25) is 0 Å². The van der Waals surface area contributed by atoms with E-state index < -0.39 is 0 Å². The zero-order valence-electron chi connectivity index (χ0n) is 14.1. The first kappa shape index (κ1) is 15.7. The van der Waals surface area contributed by atoms with E-state index in [-0.39, 0.29) is 0 Å². The van der Waals surface area contributed by atoms with Gasteiger partial charge in [-0.15, -0.1) is 0 Å². The summed E-state index contributed by atoms with van der Waals surface area (Å²) in [5.74, 6) is 1.13. The average Bonchev–Trinajstić information content (AvgIpc) is 2.98. The topological polar surface area (TPSA) is 35.5 Å². The second kappa shape index (κ2) is 7.38. The SMILES string of the molecule is CCN(C)c1ncnc2c1CCN(CCN1CCCC1)CC2. The van der Waals surface area contributed by atoms with Gasteiger partial charge in [0.25, 0.3) is 0 Å². The lowest BCUT2D eigenvalue weighted by atomic mass is 10.1. The van der Waals surface area contributed by atoms with Crippen molar-refractivity contribution in [2.24, 2.45) is 0 Å². The molecule has 1 aromatic heterocycles. The fraction of sp³-hybridized carbons (Fsp3) is 0.765. The monoisotopic (exact) mass is 303 g/mol. The first-order valence-corrected chi connectivity index (χ1v) is 8.76. The van der Waals surface area contributed by atoms with Crippen LogP contribution in [0.25, 0.3) is 0 Å². The number of anilines is 1. The molecular formula is C17H29N5. The Balaban J connectivity index is 1.62. The lowest BCUT2D eigenvalue weighted by Gasteiger charge is -2.23. The van der Waals surface area contributed by atoms with Crippen LogP contribution in [0.4, 0.5) is 5.82 Å². The summed E-state index contributed by atoms with van der Waals surface area (Å²) >= 11 is 0. The van der Waals surface area contributed by atoms with Gasteiger partial charge in [0.2, 0.25) is 0 Å². The summed E-state index contributed by atoms with van der Waals surface area (Å²) in [5.41, 5.74) is 2.63. The smallest absolute Gasteiger partial charge is 0.135 e. The molecule has 2 aliphatic heterocycles. The van der Waals surface area contributed by atoms with Gasteiger partial charge in [-0.05, 0) is 39.3 Å². The second-order valence-electron chi connectivity index (χ2n) is 6.53. The predicted molar refractivity (Wildman–Crippen MR) is 90.5 cm³/mol. The molecule has 3 heterocycles. The Morgan fingerprint density at radius 2 is 1.68 bits per heavy atom. The van der Waals surface area contributed by atoms with E-state index in [0.29, 0.717) is 0 Å². The maximum Gasteiger partial charge on any atom is 0.135 e. The summed E-state index contributed by atoms with van der Waals surface area (Å²) in [6.07, 6.45) is 6.64. The summed E-state index contributed by atoms with van der Waals surface area (Å²) in [7, 11) is 2.12. The first-order chi connectivity index (χ1) is 10.8. The van der Waals surface area contributed by atoms with Gasteiger partial charge in [0.1, 0.15) is 12.1 Å². The summed E-state index contributed by atoms with van der Waals surface area (Å²) in [6, 6.07) is 0. The van der Waals surface area contributed by atoms with Gasteiger partial charge >= 0.3 is 0 Å². The maximum absolute atomic E-state index is 4.55. The molecule has 1 saturated heterocycles. The van der Waals surface area contributed by atoms with Crippen LogP contribution in [0.1, 0.15) is 31.0 Å². The molecule has 0 spiro atoms. The molecule has 22 heavy (non-hydrogen) atoms. The molecule has 0 bridgehead atoms. The van der Waals surface area contributed by atoms with Crippen molar-refractivity contribution in [3.05, 3.63) is 17.6 Å². The molecule has 0 aliphatic carbocycles. The molecule has 0 atom stereocenters. The van der Waals surface area contributed by atoms with Gasteiger partial charge in [0.05, 0.1) is 5.69 Å². The highest BCUT2D eigenvalue weighted by molar-refractivity contribution is 5.48. The van der Waals surface area contributed by atoms with Crippen LogP contribution in [0.3, 0.4) is 0 Å². The van der Waals surface area contributed by atoms with E-state index in [9.17, 15) is 0 Å². The third-order valence-electron chi connectivity index (χ3n) is 5.12. The summed E-state index contributed by atoms with van der Waals surface area (Å²) in [6.45, 7) is 10.4. The highest BCUT2D eigenvalue weighted by Gasteiger charge is 2.20. The van der Waals surface area contributed by atoms with Gasteiger partial charge in [-0.25, -0.2) is 9.97 Å². The summed E-state index contributed by atoms with van der Waals surface area (Å²) in [4.78, 5) is 16.5. The normalized spacial score (nSPS) is 19.9. The van der Waals surface area contributed by atoms with Gasteiger partial charge < -0.3 is 14.7 Å². The van der Waals surface area contributed by atoms with E-state index in [1.807, 2.05) is 0 Å². The van der Waals surface area contributed by atoms with Crippen molar-refractivity contribution in [3.8, 4) is 0 Å². The Kier molecular flexibility index (Phi) is 5.26. The lowest BCUT2D eigenvalue weighted by Crippen LogP contribution is -2.35. The van der Waals surface area contributed by atoms with Crippen molar-refractivity contribution in [2.75, 3.05) is 57.8 Å². The highest BCUT2D eigenvalue weighted by Crippen LogP contribution is 2.22. The zero-order chi connectivity index (χ0) is 15.4. The molecule has 0 aromatic carbocycles. The minimum Gasteiger partial charge on any atom is -0.360 e. The first-order valence-electron chi connectivity index (χ1n) is 8.76. The summed E-state index contributed by atoms with van der Waals surface area (Å²) in [5, 5.41) is 0. The highest BCUT2D eigenvalue weighted by atomic mass is 15.2. The van der Waals surface area contributed by atoms with Crippen molar-refractivity contribution in [3.63, 3.8) is 0 Å². The Labute approximate surface area is 134 Å². The molecule has 0 saturated carbocycles. The quantitative estimate of drug-likeness (QED) is 0.822. The van der Waals surface area contributed by atoms with E-state index in [4.69, 9.17) is 0 Å². The van der Waals surface area contributed by atoms with Gasteiger partial charge in [-0.2, -0.15) is 0 Å². The Hall–Kier alpha value is -1.20. The molecular weight excluding hydrogens is 274 g/mol. The van der Waals surface area contributed by atoms with Crippen LogP contribution in [0.5, 0.6) is 0 Å². The number of hydrogen-bond donors (Lipinski definition) is 0. The Morgan fingerprint density at radius 3 is 2.41 bits per heavy atom. The number of aromatic nitrogens is 2. The van der Waals surface area contributed by atoms with Crippen LogP contribution < -0.4 is 4.90 Å². The zero-order valence-corrected chi connectivity index (χ0v) is 14.1. The molecule has 5 nitrogen and oxygen atoms in total. The minimum absolute atomic E-state index is 0.988. The van der Waals surface area contributed by atoms with Crippen LogP contribution in [-0.2, 0) is 12.8 Å². The third kappa shape index (κ3) is 3.58. The molecule has 3 rings (SSSR count). The van der Waals surface area contributed by atoms with E-state index in [0.717, 1.165) is 38.3 Å². The third-order valence-corrected chi connectivity index (χ3v) is 5.12. The van der Waals surface area contributed by atoms with Gasteiger partial charge in [0, 0.05) is 51.8 Å². The fourth-order valence-electron chi connectivity index (χ4n) is 3.55. The summed E-state index contributed by atoms with van der Waals surface area (Å²) < 4.78 is 0. The van der Waals surface area contributed by atoms with E-state index in [1.54, 1.807) is 6.33 Å². The second-order valence-corrected chi connectivity index (χ2v) is 6.53. The molecule has 122 valence electrons. The maximum atomic E-state index is 4.55. The lowest BCUT2D eigenvalue weighted by molar-refractivity contribution is 0.232. The van der Waals surface area contributed by atoms with Crippen LogP contribution in [-0.4, -0.2) is 72.6 Å². The average molecular weight is 303 g/mol. The molecule has 5 heteroatoms. The number of likely N-dealkylation sites (tertiary alicyclic amines) is 1. The molecule has 1 fully saturated rings. The van der Waals surface area contributed by atoms with Crippen LogP contribution in [0, 0.1) is 0 Å². The molecule has 0 radical (unpaired) electrons. The number of hydrogen-bond acceptors (Lipinski definition) is 5. The molecule has 2 aliphatic rings. The van der Waals surface area contributed by atoms with E-state index in [1.165, 1.54) is 50.3 Å². The number of nitrogens with zero attached hydrogens (tertiary/aromatic N) is 5. The van der Waals surface area contributed by atoms with Crippen molar-refractivity contribution in [1.29, 1.82) is 0 Å².